The topological polar surface area (TPSA) is 97.5 Å². The molecule has 156 valence electrons. The highest BCUT2D eigenvalue weighted by Gasteiger charge is 2.43. The van der Waals surface area contributed by atoms with Crippen molar-refractivity contribution in [1.82, 2.24) is 35.2 Å². The van der Waals surface area contributed by atoms with Crippen LogP contribution in [0.4, 0.5) is 11.8 Å². The van der Waals surface area contributed by atoms with Crippen molar-refractivity contribution in [3.8, 4) is 5.69 Å². The van der Waals surface area contributed by atoms with Crippen molar-refractivity contribution < 1.29 is 0 Å². The first-order valence-corrected chi connectivity index (χ1v) is 10.8. The molecule has 2 atom stereocenters. The molecular weight excluding hydrogens is 402 g/mol. The summed E-state index contributed by atoms with van der Waals surface area (Å²) in [6.07, 6.45) is 11.7. The van der Waals surface area contributed by atoms with E-state index in [4.69, 9.17) is 11.6 Å². The van der Waals surface area contributed by atoms with Gasteiger partial charge in [0.2, 0.25) is 5.95 Å². The van der Waals surface area contributed by atoms with E-state index in [1.54, 1.807) is 29.6 Å². The number of halogens is 1. The van der Waals surface area contributed by atoms with E-state index >= 15 is 0 Å². The number of hydrogen-bond acceptors (Lipinski definition) is 8. The monoisotopic (exact) mass is 425 g/mol. The number of tetrazole rings is 1. The average Bonchev–Trinajstić information content (AvgIpc) is 3.34. The molecule has 3 aromatic heterocycles. The van der Waals surface area contributed by atoms with Gasteiger partial charge in [-0.25, -0.2) is 15.0 Å². The Morgan fingerprint density at radius 2 is 1.90 bits per heavy atom. The smallest absolute Gasteiger partial charge is 0.225 e. The van der Waals surface area contributed by atoms with E-state index in [0.717, 1.165) is 54.8 Å². The molecule has 30 heavy (non-hydrogen) atoms. The molecule has 2 aliphatic rings. The predicted octanol–water partition coefficient (Wildman–Crippen LogP) is 2.86. The average molecular weight is 426 g/mol. The van der Waals surface area contributed by atoms with E-state index < -0.39 is 0 Å². The van der Waals surface area contributed by atoms with Crippen LogP contribution in [0, 0.1) is 17.8 Å². The predicted molar refractivity (Wildman–Crippen MR) is 114 cm³/mol. The second kappa shape index (κ2) is 8.51. The molecule has 0 spiro atoms. The minimum Gasteiger partial charge on any atom is -0.370 e. The van der Waals surface area contributed by atoms with E-state index in [1.165, 1.54) is 25.7 Å². The summed E-state index contributed by atoms with van der Waals surface area (Å²) in [6.45, 7) is 3.02. The van der Waals surface area contributed by atoms with E-state index in [2.05, 4.69) is 40.7 Å². The number of piperidine rings is 1. The summed E-state index contributed by atoms with van der Waals surface area (Å²) in [5, 5.41) is 15.2. The van der Waals surface area contributed by atoms with Crippen LogP contribution in [0.15, 0.2) is 37.1 Å². The molecule has 10 heteroatoms. The van der Waals surface area contributed by atoms with Crippen molar-refractivity contribution in [3.05, 3.63) is 42.1 Å². The van der Waals surface area contributed by atoms with E-state index in [-0.39, 0.29) is 0 Å². The SMILES string of the molecule is Clc1cnc(N2CCC([C@H]3C[C@H]3CCNc3ccc(-n4cnnn4)cn3)CC2)nc1. The Hall–Kier alpha value is -2.81. The molecule has 1 saturated carbocycles. The van der Waals surface area contributed by atoms with Gasteiger partial charge in [0.25, 0.3) is 0 Å². The number of nitrogens with one attached hydrogen (secondary N) is 1. The Morgan fingerprint density at radius 3 is 2.60 bits per heavy atom. The Bertz CT molecular complexity index is 937. The number of aromatic nitrogens is 7. The Kier molecular flexibility index (Phi) is 5.44. The zero-order chi connectivity index (χ0) is 20.3. The molecule has 1 aliphatic carbocycles. The van der Waals surface area contributed by atoms with Crippen LogP contribution < -0.4 is 10.2 Å². The molecule has 3 aromatic rings. The zero-order valence-electron chi connectivity index (χ0n) is 16.6. The van der Waals surface area contributed by atoms with Crippen LogP contribution in [0.3, 0.4) is 0 Å². The Labute approximate surface area is 179 Å². The number of hydrogen-bond donors (Lipinski definition) is 1. The normalized spacial score (nSPS) is 21.6. The first-order chi connectivity index (χ1) is 14.8. The molecule has 4 heterocycles. The summed E-state index contributed by atoms with van der Waals surface area (Å²) in [7, 11) is 0. The molecule has 0 aromatic carbocycles. The number of nitrogens with zero attached hydrogens (tertiary/aromatic N) is 8. The fourth-order valence-electron chi connectivity index (χ4n) is 4.47. The summed E-state index contributed by atoms with van der Waals surface area (Å²) in [6, 6.07) is 3.93. The summed E-state index contributed by atoms with van der Waals surface area (Å²) in [4.78, 5) is 15.4. The molecule has 0 unspecified atom stereocenters. The zero-order valence-corrected chi connectivity index (χ0v) is 17.4. The second-order valence-corrected chi connectivity index (χ2v) is 8.49. The largest absolute Gasteiger partial charge is 0.370 e. The standard InChI is InChI=1S/C20H24ClN9/c21-16-10-24-20(25-11-16)29-7-4-14(5-8-29)18-9-15(18)3-6-22-19-2-1-17(12-23-19)30-13-26-27-28-30/h1-2,10-15,18H,3-9H2,(H,22,23)/t15-,18-/m1/s1. The maximum atomic E-state index is 5.89. The van der Waals surface area contributed by atoms with Gasteiger partial charge in [-0.1, -0.05) is 11.6 Å². The Balaban J connectivity index is 1.03. The molecule has 5 rings (SSSR count). The lowest BCUT2D eigenvalue weighted by Crippen LogP contribution is -2.35. The van der Waals surface area contributed by atoms with Gasteiger partial charge in [-0.2, -0.15) is 4.68 Å². The third-order valence-electron chi connectivity index (χ3n) is 6.19. The van der Waals surface area contributed by atoms with Crippen molar-refractivity contribution in [2.24, 2.45) is 17.8 Å². The summed E-state index contributed by atoms with van der Waals surface area (Å²) >= 11 is 5.89. The van der Waals surface area contributed by atoms with E-state index in [9.17, 15) is 0 Å². The van der Waals surface area contributed by atoms with Gasteiger partial charge in [0.05, 0.1) is 29.3 Å². The lowest BCUT2D eigenvalue weighted by molar-refractivity contribution is 0.343. The van der Waals surface area contributed by atoms with Gasteiger partial charge >= 0.3 is 0 Å². The van der Waals surface area contributed by atoms with Gasteiger partial charge in [-0.3, -0.25) is 0 Å². The lowest BCUT2D eigenvalue weighted by Gasteiger charge is -2.32. The number of rotatable bonds is 7. The molecule has 9 nitrogen and oxygen atoms in total. The van der Waals surface area contributed by atoms with Crippen LogP contribution in [0.1, 0.15) is 25.7 Å². The summed E-state index contributed by atoms with van der Waals surface area (Å²) in [5.41, 5.74) is 0.850. The number of pyridine rings is 1. The maximum absolute atomic E-state index is 5.89. The van der Waals surface area contributed by atoms with Crippen LogP contribution in [-0.2, 0) is 0 Å². The highest BCUT2D eigenvalue weighted by atomic mass is 35.5. The van der Waals surface area contributed by atoms with Crippen LogP contribution in [0.5, 0.6) is 0 Å². The number of anilines is 2. The Morgan fingerprint density at radius 1 is 1.07 bits per heavy atom. The van der Waals surface area contributed by atoms with E-state index in [0.29, 0.717) is 5.02 Å². The molecule has 0 amide bonds. The van der Waals surface area contributed by atoms with Crippen molar-refractivity contribution in [3.63, 3.8) is 0 Å². The first kappa shape index (κ1) is 19.2. The third kappa shape index (κ3) is 4.35. The molecule has 0 radical (unpaired) electrons. The summed E-state index contributed by atoms with van der Waals surface area (Å²) < 4.78 is 1.59. The molecular formula is C20H24ClN9. The fraction of sp³-hybridized carbons (Fsp3) is 0.500. The highest BCUT2D eigenvalue weighted by Crippen LogP contribution is 2.49. The van der Waals surface area contributed by atoms with Crippen molar-refractivity contribution in [2.75, 3.05) is 29.9 Å². The first-order valence-electron chi connectivity index (χ1n) is 10.4. The van der Waals surface area contributed by atoms with Crippen LogP contribution in [0.2, 0.25) is 5.02 Å². The molecule has 1 N–H and O–H groups in total. The third-order valence-corrected chi connectivity index (χ3v) is 6.39. The van der Waals surface area contributed by atoms with Crippen LogP contribution >= 0.6 is 11.6 Å². The van der Waals surface area contributed by atoms with Crippen molar-refractivity contribution in [1.29, 1.82) is 0 Å². The van der Waals surface area contributed by atoms with Crippen LogP contribution in [-0.4, -0.2) is 54.8 Å². The molecule has 1 saturated heterocycles. The summed E-state index contributed by atoms with van der Waals surface area (Å²) in [5.74, 6) is 4.22. The van der Waals surface area contributed by atoms with Gasteiger partial charge in [-0.05, 0) is 66.0 Å². The van der Waals surface area contributed by atoms with Crippen LogP contribution in [0.25, 0.3) is 5.69 Å². The second-order valence-electron chi connectivity index (χ2n) is 8.06. The van der Waals surface area contributed by atoms with Crippen molar-refractivity contribution in [2.45, 2.75) is 25.7 Å². The maximum Gasteiger partial charge on any atom is 0.225 e. The van der Waals surface area contributed by atoms with Crippen molar-refractivity contribution >= 4 is 23.4 Å². The van der Waals surface area contributed by atoms with E-state index in [1.807, 2.05) is 12.1 Å². The minimum atomic E-state index is 0.585. The molecule has 2 fully saturated rings. The van der Waals surface area contributed by atoms with Gasteiger partial charge < -0.3 is 10.2 Å². The van der Waals surface area contributed by atoms with Gasteiger partial charge in [0.1, 0.15) is 12.1 Å². The fourth-order valence-corrected chi connectivity index (χ4v) is 4.57. The minimum absolute atomic E-state index is 0.585. The van der Waals surface area contributed by atoms with Gasteiger partial charge in [-0.15, -0.1) is 5.10 Å². The van der Waals surface area contributed by atoms with Gasteiger partial charge in [0, 0.05) is 19.6 Å². The van der Waals surface area contributed by atoms with Gasteiger partial charge in [0.15, 0.2) is 0 Å². The highest BCUT2D eigenvalue weighted by molar-refractivity contribution is 6.30. The molecule has 1 aliphatic heterocycles. The quantitative estimate of drug-likeness (QED) is 0.617. The lowest BCUT2D eigenvalue weighted by atomic mass is 9.90. The molecule has 0 bridgehead atoms.